The van der Waals surface area contributed by atoms with Crippen molar-refractivity contribution in [3.05, 3.63) is 0 Å². The third-order valence-corrected chi connectivity index (χ3v) is 7.96. The maximum Gasteiger partial charge on any atom is 0.302 e. The first-order chi connectivity index (χ1) is 22.5. The monoisotopic (exact) mass is 738 g/mol. The third-order valence-electron chi connectivity index (χ3n) is 7.96. The van der Waals surface area contributed by atoms with E-state index in [-0.39, 0.29) is 6.61 Å². The van der Waals surface area contributed by atoms with Crippen LogP contribution in [0.4, 0.5) is 0 Å². The van der Waals surface area contributed by atoms with Crippen LogP contribution in [0, 0.1) is 5.92 Å². The molecule has 2 aliphatic rings. The molecule has 280 valence electrons. The number of hydrogen-bond acceptors (Lipinski definition) is 22. The Balaban J connectivity index is 0.00000531. The van der Waals surface area contributed by atoms with Crippen LogP contribution in [0.1, 0.15) is 34.6 Å². The molecule has 48 heavy (non-hydrogen) atoms. The van der Waals surface area contributed by atoms with Crippen LogP contribution < -0.4 is 20.9 Å². The maximum absolute atomic E-state index is 12.3. The van der Waals surface area contributed by atoms with Crippen LogP contribution in [0.5, 0.6) is 0 Å². The highest BCUT2D eigenvalue weighted by Gasteiger charge is 2.68. The Morgan fingerprint density at radius 3 is 1.94 bits per heavy atom. The summed E-state index contributed by atoms with van der Waals surface area (Å²) >= 11 is 5.67. The number of nitrogens with one attached hydrogen (secondary N) is 1. The van der Waals surface area contributed by atoms with Crippen molar-refractivity contribution < 1.29 is 96.9 Å². The molecule has 23 heteroatoms. The normalized spacial score (nSPS) is 36.0. The van der Waals surface area contributed by atoms with Gasteiger partial charge in [0.2, 0.25) is 5.91 Å². The van der Waals surface area contributed by atoms with Crippen LogP contribution in [-0.2, 0) is 87.7 Å². The van der Waals surface area contributed by atoms with Gasteiger partial charge in [-0.15, -0.1) is 0 Å². The van der Waals surface area contributed by atoms with E-state index in [1.807, 2.05) is 0 Å². The molecule has 0 radical (unpaired) electrons. The molecule has 2 fully saturated rings. The van der Waals surface area contributed by atoms with E-state index in [1.165, 1.54) is 27.9 Å². The van der Waals surface area contributed by atoms with E-state index in [4.69, 9.17) is 41.7 Å². The van der Waals surface area contributed by atoms with Gasteiger partial charge in [0.05, 0.1) is 38.4 Å². The molecule has 2 heterocycles. The van der Waals surface area contributed by atoms with Crippen molar-refractivity contribution in [3.8, 4) is 0 Å². The number of hydrogen-bond donors (Lipinski definition) is 3. The van der Waals surface area contributed by atoms with Gasteiger partial charge < -0.3 is 64.4 Å². The van der Waals surface area contributed by atoms with E-state index in [2.05, 4.69) is 45.3 Å². The molecule has 2 aliphatic heterocycles. The summed E-state index contributed by atoms with van der Waals surface area (Å²) in [6.45, 7) is 3.63. The zero-order valence-corrected chi connectivity index (χ0v) is 28.7. The number of methoxy groups -OCH3 is 2. The molecule has 0 aromatic heterocycles. The lowest BCUT2D eigenvalue weighted by molar-refractivity contribution is -0.816. The molecule has 2 rings (SSSR count). The lowest BCUT2D eigenvalue weighted by atomic mass is 9.71. The molecule has 1 amide bonds. The van der Waals surface area contributed by atoms with Gasteiger partial charge in [-0.05, 0) is 20.8 Å². The first-order valence-electron chi connectivity index (χ1n) is 13.7. The zero-order chi connectivity index (χ0) is 37.5. The lowest BCUT2D eigenvalue weighted by Gasteiger charge is -2.59. The Labute approximate surface area is 285 Å². The number of carbonyl (C=O) groups is 3. The standard InChI is InChI=1S/C25H43NO18.2OS/c1-13(27)26-17-15(20(40-43-33)23(4,11-38-14(2)28)39-16(17)9-35-6)8-37-10-22(3)18(29)19(30)25(12-36-7,42-44-34)24(5,41-22)21(31)32;2*1-2/h15-20,29-30,33-34H,8-12H2,1-7H3,(H,26,27)(H,31,32);;/p-3/t15-,16-,17?,18?,19-,20+,22-,23?,24?,25+;;/m0../s1. The molecule has 0 spiro atoms. The second kappa shape index (κ2) is 20.6. The minimum Gasteiger partial charge on any atom is -0.692 e. The second-order valence-electron chi connectivity index (χ2n) is 11.3. The van der Waals surface area contributed by atoms with E-state index in [0.29, 0.717) is 0 Å². The summed E-state index contributed by atoms with van der Waals surface area (Å²) < 4.78 is 48.7. The van der Waals surface area contributed by atoms with E-state index in [0.717, 1.165) is 21.0 Å². The summed E-state index contributed by atoms with van der Waals surface area (Å²) in [6.07, 6.45) is -6.41. The number of esters is 1. The van der Waals surface area contributed by atoms with Gasteiger partial charge in [-0.3, -0.25) is 19.7 Å². The summed E-state index contributed by atoms with van der Waals surface area (Å²) in [6, 6.07) is -0.959. The van der Waals surface area contributed by atoms with Gasteiger partial charge in [-0.2, -0.15) is 8.42 Å². The average molecular weight is 739 g/mol. The molecular formula is C25H40NO20S2-3. The molecule has 0 bridgehead atoms. The van der Waals surface area contributed by atoms with Gasteiger partial charge >= 0.3 is 5.97 Å². The van der Waals surface area contributed by atoms with Crippen molar-refractivity contribution in [1.82, 2.24) is 5.32 Å². The van der Waals surface area contributed by atoms with Crippen LogP contribution in [0.15, 0.2) is 0 Å². The van der Waals surface area contributed by atoms with Gasteiger partial charge in [0, 0.05) is 34.0 Å². The van der Waals surface area contributed by atoms with Crippen molar-refractivity contribution in [2.75, 3.05) is 47.3 Å². The summed E-state index contributed by atoms with van der Waals surface area (Å²) in [4.78, 5) is 45.7. The van der Waals surface area contributed by atoms with E-state index < -0.39 is 103 Å². The average Bonchev–Trinajstić information content (AvgIpc) is 3.03. The van der Waals surface area contributed by atoms with Crippen molar-refractivity contribution in [2.24, 2.45) is 5.92 Å². The number of carboxylic acids is 1. The van der Waals surface area contributed by atoms with Gasteiger partial charge in [-0.1, -0.05) is 0 Å². The van der Waals surface area contributed by atoms with Gasteiger partial charge in [-0.25, -0.2) is 9.78 Å². The molecule has 21 nitrogen and oxygen atoms in total. The number of rotatable bonds is 16. The highest BCUT2D eigenvalue weighted by molar-refractivity contribution is 7.44. The quantitative estimate of drug-likeness (QED) is 0.0754. The third kappa shape index (κ3) is 10.2. The summed E-state index contributed by atoms with van der Waals surface area (Å²) in [5.74, 6) is -4.13. The minimum absolute atomic E-state index is 0.0822. The van der Waals surface area contributed by atoms with E-state index in [1.54, 1.807) is 0 Å². The number of aliphatic hydroxyl groups excluding tert-OH is 2. The smallest absolute Gasteiger partial charge is 0.302 e. The zero-order valence-electron chi connectivity index (χ0n) is 27.1. The Hall–Kier alpha value is -2.07. The van der Waals surface area contributed by atoms with Gasteiger partial charge in [0.1, 0.15) is 47.8 Å². The minimum atomic E-state index is -2.66. The molecule has 3 N–H and O–H groups in total. The maximum atomic E-state index is 12.3. The van der Waals surface area contributed by atoms with Crippen LogP contribution in [0.3, 0.4) is 0 Å². The van der Waals surface area contributed by atoms with E-state index >= 15 is 0 Å². The highest BCUT2D eigenvalue weighted by Crippen LogP contribution is 2.45. The topological polar surface area (TPSA) is 299 Å². The van der Waals surface area contributed by atoms with Crippen LogP contribution in [0.25, 0.3) is 0 Å². The summed E-state index contributed by atoms with van der Waals surface area (Å²) in [5.41, 5.74) is -8.82. The number of ether oxygens (including phenoxy) is 6. The molecule has 2 saturated heterocycles. The number of aliphatic carboxylic acids is 1. The van der Waals surface area contributed by atoms with Crippen LogP contribution in [-0.4, -0.2) is 137 Å². The largest absolute Gasteiger partial charge is 0.692 e. The van der Waals surface area contributed by atoms with Crippen molar-refractivity contribution in [3.63, 3.8) is 0 Å². The van der Waals surface area contributed by atoms with Crippen molar-refractivity contribution in [2.45, 2.75) is 87.5 Å². The predicted molar refractivity (Wildman–Crippen MR) is 148 cm³/mol. The number of carbonyl (C=O) groups excluding carboxylic acids is 3. The van der Waals surface area contributed by atoms with Gasteiger partial charge in [0.15, 0.2) is 30.7 Å². The van der Waals surface area contributed by atoms with Crippen LogP contribution in [0.2, 0.25) is 0 Å². The Kier molecular flexibility index (Phi) is 19.7. The lowest BCUT2D eigenvalue weighted by Crippen LogP contribution is -2.81. The highest BCUT2D eigenvalue weighted by atomic mass is 32.1. The number of carboxylic acid groups (broad SMARTS) is 1. The first-order valence-corrected chi connectivity index (χ1v) is 14.4. The fraction of sp³-hybridized carbons (Fsp3) is 0.880. The molecule has 4 unspecified atom stereocenters. The molecule has 10 atom stereocenters. The Morgan fingerprint density at radius 1 is 0.875 bits per heavy atom. The molecule has 0 saturated carbocycles. The predicted octanol–water partition coefficient (Wildman–Crippen LogP) is -5.96. The summed E-state index contributed by atoms with van der Waals surface area (Å²) in [7, 11) is 2.48. The fourth-order valence-electron chi connectivity index (χ4n) is 5.77. The van der Waals surface area contributed by atoms with E-state index in [9.17, 15) is 40.2 Å². The van der Waals surface area contributed by atoms with Crippen LogP contribution >= 0.6 is 0 Å². The molecular weight excluding hydrogens is 698 g/mol. The SMILES string of the molecule is COC[C@@H]1OC(C)(COC(C)=O)[C@H](OO[O-])[C@@H](COC[C@]2(C)OC(C)(C(=O)[O-])[C@](COC)(OO[O-])[C@@H](O)C2O)C1NC(C)=O.O=S.O=S. The Bertz CT molecular complexity index is 1020. The van der Waals surface area contributed by atoms with Gasteiger partial charge in [0.25, 0.3) is 0 Å². The molecule has 0 aliphatic carbocycles. The number of aliphatic hydroxyl groups is 2. The Morgan fingerprint density at radius 2 is 1.48 bits per heavy atom. The second-order valence-corrected chi connectivity index (χ2v) is 11.3. The molecule has 0 aromatic rings. The van der Waals surface area contributed by atoms with Crippen molar-refractivity contribution in [1.29, 1.82) is 0 Å². The summed E-state index contributed by atoms with van der Waals surface area (Å²) in [5, 5.41) is 66.5. The fourth-order valence-corrected chi connectivity index (χ4v) is 5.77. The number of amides is 1. The van der Waals surface area contributed by atoms with Crippen molar-refractivity contribution >= 4 is 42.9 Å². The first kappa shape index (κ1) is 45.9. The molecule has 0 aromatic carbocycles.